The normalized spacial score (nSPS) is 10.2. The molecule has 0 aliphatic rings. The lowest BCUT2D eigenvalue weighted by Crippen LogP contribution is -2.01. The lowest BCUT2D eigenvalue weighted by atomic mass is 10.3. The molecule has 0 aliphatic heterocycles. The summed E-state index contributed by atoms with van der Waals surface area (Å²) in [5.41, 5.74) is 0.469. The molecule has 82 valence electrons. The van der Waals surface area contributed by atoms with Gasteiger partial charge in [0, 0.05) is 38.6 Å². The summed E-state index contributed by atoms with van der Waals surface area (Å²) in [5.74, 6) is 1.08. The van der Waals surface area contributed by atoms with Crippen LogP contribution in [0.25, 0.3) is 0 Å². The number of aromatic nitrogens is 4. The zero-order valence-corrected chi connectivity index (χ0v) is 9.17. The van der Waals surface area contributed by atoms with Gasteiger partial charge in [0.15, 0.2) is 5.69 Å². The molecule has 2 aromatic heterocycles. The van der Waals surface area contributed by atoms with Crippen molar-refractivity contribution in [1.29, 1.82) is 5.26 Å². The van der Waals surface area contributed by atoms with Gasteiger partial charge in [0.2, 0.25) is 0 Å². The van der Waals surface area contributed by atoms with Crippen LogP contribution in [0.1, 0.15) is 17.9 Å². The van der Waals surface area contributed by atoms with Crippen LogP contribution in [0.3, 0.4) is 0 Å². The number of nitriles is 1. The van der Waals surface area contributed by atoms with Crippen molar-refractivity contribution in [3.63, 3.8) is 0 Å². The molecule has 5 heteroatoms. The largest absolute Gasteiger partial charge is 0.338 e. The average Bonchev–Trinajstić information content (AvgIpc) is 2.89. The molecule has 0 saturated carbocycles. The van der Waals surface area contributed by atoms with Crippen molar-refractivity contribution in [3.8, 4) is 6.07 Å². The number of rotatable bonds is 4. The van der Waals surface area contributed by atoms with Crippen LogP contribution in [0.15, 0.2) is 24.9 Å². The molecule has 0 N–H and O–H groups in total. The predicted octanol–water partition coefficient (Wildman–Crippen LogP) is 1.12. The van der Waals surface area contributed by atoms with Crippen LogP contribution in [0.5, 0.6) is 0 Å². The first kappa shape index (κ1) is 10.4. The Balaban J connectivity index is 1.85. The van der Waals surface area contributed by atoms with Crippen molar-refractivity contribution in [1.82, 2.24) is 19.1 Å². The first-order valence-electron chi connectivity index (χ1n) is 5.17. The fourth-order valence-electron chi connectivity index (χ4n) is 1.60. The molecular formula is C11H13N5. The second-order valence-corrected chi connectivity index (χ2v) is 3.67. The number of hydrogen-bond acceptors (Lipinski definition) is 3. The summed E-state index contributed by atoms with van der Waals surface area (Å²) in [6, 6.07) is 2.01. The summed E-state index contributed by atoms with van der Waals surface area (Å²) in [5, 5.41) is 8.62. The molecule has 0 radical (unpaired) electrons. The Morgan fingerprint density at radius 3 is 2.94 bits per heavy atom. The van der Waals surface area contributed by atoms with Crippen LogP contribution in [-0.4, -0.2) is 19.1 Å². The maximum atomic E-state index is 8.62. The van der Waals surface area contributed by atoms with E-state index in [-0.39, 0.29) is 0 Å². The summed E-state index contributed by atoms with van der Waals surface area (Å²) in [6.45, 7) is 0.863. The van der Waals surface area contributed by atoms with E-state index in [1.807, 2.05) is 28.4 Å². The highest BCUT2D eigenvalue weighted by Gasteiger charge is 2.00. The van der Waals surface area contributed by atoms with Gasteiger partial charge in [-0.3, -0.25) is 0 Å². The molecule has 0 saturated heterocycles. The molecule has 2 aromatic rings. The molecule has 0 fully saturated rings. The minimum absolute atomic E-state index is 0.469. The summed E-state index contributed by atoms with van der Waals surface area (Å²) in [6.07, 6.45) is 9.13. The van der Waals surface area contributed by atoms with Crippen molar-refractivity contribution >= 4 is 0 Å². The summed E-state index contributed by atoms with van der Waals surface area (Å²) in [4.78, 5) is 8.20. The van der Waals surface area contributed by atoms with Crippen LogP contribution in [0.4, 0.5) is 0 Å². The van der Waals surface area contributed by atoms with Crippen molar-refractivity contribution in [2.24, 2.45) is 7.05 Å². The third-order valence-electron chi connectivity index (χ3n) is 2.49. The van der Waals surface area contributed by atoms with E-state index in [4.69, 9.17) is 5.26 Å². The van der Waals surface area contributed by atoms with Gasteiger partial charge in [0.25, 0.3) is 0 Å². The van der Waals surface area contributed by atoms with Crippen molar-refractivity contribution in [2.45, 2.75) is 19.4 Å². The second kappa shape index (κ2) is 4.62. The minimum Gasteiger partial charge on any atom is -0.338 e. The van der Waals surface area contributed by atoms with Gasteiger partial charge in [0.1, 0.15) is 11.9 Å². The summed E-state index contributed by atoms with van der Waals surface area (Å²) >= 11 is 0. The lowest BCUT2D eigenvalue weighted by Gasteiger charge is -2.02. The number of hydrogen-bond donors (Lipinski definition) is 0. The van der Waals surface area contributed by atoms with Gasteiger partial charge < -0.3 is 9.13 Å². The van der Waals surface area contributed by atoms with Crippen LogP contribution in [0.2, 0.25) is 0 Å². The predicted molar refractivity (Wildman–Crippen MR) is 58.5 cm³/mol. The topological polar surface area (TPSA) is 59.4 Å². The molecule has 0 amide bonds. The average molecular weight is 215 g/mol. The van der Waals surface area contributed by atoms with E-state index in [1.165, 1.54) is 0 Å². The van der Waals surface area contributed by atoms with E-state index in [0.29, 0.717) is 5.69 Å². The Morgan fingerprint density at radius 2 is 2.31 bits per heavy atom. The zero-order valence-electron chi connectivity index (χ0n) is 9.17. The maximum absolute atomic E-state index is 8.62. The van der Waals surface area contributed by atoms with E-state index >= 15 is 0 Å². The van der Waals surface area contributed by atoms with Crippen LogP contribution < -0.4 is 0 Å². The van der Waals surface area contributed by atoms with E-state index < -0.39 is 0 Å². The smallest absolute Gasteiger partial charge is 0.158 e. The van der Waals surface area contributed by atoms with Crippen molar-refractivity contribution < 1.29 is 0 Å². The molecule has 0 unspecified atom stereocenters. The maximum Gasteiger partial charge on any atom is 0.158 e. The molecular weight excluding hydrogens is 202 g/mol. The number of nitrogens with zero attached hydrogens (tertiary/aromatic N) is 5. The second-order valence-electron chi connectivity index (χ2n) is 3.67. The van der Waals surface area contributed by atoms with E-state index in [9.17, 15) is 0 Å². The fourth-order valence-corrected chi connectivity index (χ4v) is 1.60. The van der Waals surface area contributed by atoms with Gasteiger partial charge in [-0.1, -0.05) is 0 Å². The monoisotopic (exact) mass is 215 g/mol. The Bertz CT molecular complexity index is 502. The van der Waals surface area contributed by atoms with Gasteiger partial charge >= 0.3 is 0 Å². The zero-order chi connectivity index (χ0) is 11.4. The molecule has 0 atom stereocenters. The summed E-state index contributed by atoms with van der Waals surface area (Å²) in [7, 11) is 1.99. The molecule has 16 heavy (non-hydrogen) atoms. The first-order chi connectivity index (χ1) is 7.79. The van der Waals surface area contributed by atoms with Crippen LogP contribution in [0, 0.1) is 11.3 Å². The van der Waals surface area contributed by atoms with Crippen molar-refractivity contribution in [3.05, 3.63) is 36.4 Å². The fraction of sp³-hybridized carbons (Fsp3) is 0.364. The van der Waals surface area contributed by atoms with E-state index in [0.717, 1.165) is 25.2 Å². The summed E-state index contributed by atoms with van der Waals surface area (Å²) < 4.78 is 3.95. The van der Waals surface area contributed by atoms with Crippen LogP contribution in [-0.2, 0) is 20.0 Å². The highest BCUT2D eigenvalue weighted by Crippen LogP contribution is 2.02. The molecule has 0 bridgehead atoms. The van der Waals surface area contributed by atoms with E-state index in [1.54, 1.807) is 18.7 Å². The van der Waals surface area contributed by atoms with Gasteiger partial charge in [0.05, 0.1) is 6.33 Å². The Kier molecular flexibility index (Phi) is 3.01. The minimum atomic E-state index is 0.469. The van der Waals surface area contributed by atoms with Gasteiger partial charge in [-0.25, -0.2) is 9.97 Å². The highest BCUT2D eigenvalue weighted by molar-refractivity contribution is 5.15. The third kappa shape index (κ3) is 2.28. The molecule has 0 aromatic carbocycles. The molecule has 2 rings (SSSR count). The Morgan fingerprint density at radius 1 is 1.44 bits per heavy atom. The van der Waals surface area contributed by atoms with Gasteiger partial charge in [-0.05, 0) is 6.42 Å². The van der Waals surface area contributed by atoms with Crippen molar-refractivity contribution in [2.75, 3.05) is 0 Å². The first-order valence-corrected chi connectivity index (χ1v) is 5.17. The Labute approximate surface area is 94.0 Å². The van der Waals surface area contributed by atoms with Gasteiger partial charge in [-0.15, -0.1) is 0 Å². The Hall–Kier alpha value is -2.09. The molecule has 5 nitrogen and oxygen atoms in total. The third-order valence-corrected chi connectivity index (χ3v) is 2.49. The van der Waals surface area contributed by atoms with E-state index in [2.05, 4.69) is 9.97 Å². The molecule has 0 spiro atoms. The molecule has 2 heterocycles. The standard InChI is InChI=1S/C11H13N5/c1-15-6-4-13-11(15)3-2-5-16-8-10(7-12)14-9-16/h4,6,8-9H,2-3,5H2,1H3. The lowest BCUT2D eigenvalue weighted by molar-refractivity contribution is 0.617. The highest BCUT2D eigenvalue weighted by atomic mass is 15.0. The SMILES string of the molecule is Cn1ccnc1CCCn1cnc(C#N)c1. The number of aryl methyl sites for hydroxylation is 3. The molecule has 0 aliphatic carbocycles. The quantitative estimate of drug-likeness (QED) is 0.767. The van der Waals surface area contributed by atoms with Gasteiger partial charge in [-0.2, -0.15) is 5.26 Å². The number of imidazole rings is 2. The van der Waals surface area contributed by atoms with Crippen LogP contribution >= 0.6 is 0 Å².